The molecule has 3 N–H and O–H groups in total. The molecule has 4 aliphatic heterocycles. The van der Waals surface area contributed by atoms with Crippen molar-refractivity contribution >= 4 is 40.8 Å². The van der Waals surface area contributed by atoms with E-state index < -0.39 is 18.4 Å². The molecule has 4 amide bonds. The number of hydrogen-bond donors (Lipinski definition) is 3. The van der Waals surface area contributed by atoms with Crippen LogP contribution in [0.2, 0.25) is 0 Å². The zero-order chi connectivity index (χ0) is 41.5. The first-order chi connectivity index (χ1) is 28.4. The number of imidazole rings is 1. The van der Waals surface area contributed by atoms with Crippen molar-refractivity contribution in [1.82, 2.24) is 34.7 Å². The van der Waals surface area contributed by atoms with Crippen LogP contribution in [-0.4, -0.2) is 106 Å². The van der Waals surface area contributed by atoms with E-state index in [0.29, 0.717) is 71.8 Å². The number of likely N-dealkylation sites (N-methyl/N-ethyl adjacent to an activating group) is 1. The first kappa shape index (κ1) is 39.7. The number of alkyl halides is 2. The van der Waals surface area contributed by atoms with E-state index in [1.807, 2.05) is 18.2 Å². The van der Waals surface area contributed by atoms with Gasteiger partial charge in [0.25, 0.3) is 12.3 Å². The van der Waals surface area contributed by atoms with Crippen molar-refractivity contribution in [2.75, 3.05) is 45.2 Å². The number of amides is 4. The Morgan fingerprint density at radius 3 is 2.53 bits per heavy atom. The van der Waals surface area contributed by atoms with Crippen LogP contribution < -0.4 is 20.3 Å². The van der Waals surface area contributed by atoms with Gasteiger partial charge in [0.15, 0.2) is 0 Å². The number of rotatable bonds is 10. The van der Waals surface area contributed by atoms with E-state index in [-0.39, 0.29) is 48.1 Å². The van der Waals surface area contributed by atoms with E-state index in [1.165, 1.54) is 20.1 Å². The topological polar surface area (TPSA) is 156 Å². The predicted molar refractivity (Wildman–Crippen MR) is 216 cm³/mol. The number of amidine groups is 1. The van der Waals surface area contributed by atoms with E-state index in [9.17, 15) is 33.4 Å². The maximum atomic E-state index is 14.7. The fourth-order valence-electron chi connectivity index (χ4n) is 8.71. The molecule has 6 heterocycles. The largest absolute Gasteiger partial charge is 0.495 e. The Bertz CT molecular complexity index is 2390. The molecule has 0 aliphatic carbocycles. The molecule has 0 radical (unpaired) electrons. The van der Waals surface area contributed by atoms with Gasteiger partial charge in [0.05, 0.1) is 19.9 Å². The second-order valence-electron chi connectivity index (χ2n) is 15.7. The highest BCUT2D eigenvalue weighted by molar-refractivity contribution is 6.09. The highest BCUT2D eigenvalue weighted by atomic mass is 19.3. The molecule has 0 bridgehead atoms. The molecule has 1 atom stereocenters. The minimum Gasteiger partial charge on any atom is -0.495 e. The van der Waals surface area contributed by atoms with Crippen molar-refractivity contribution in [3.8, 4) is 16.9 Å². The molecule has 2 saturated heterocycles. The second kappa shape index (κ2) is 16.2. The molecule has 308 valence electrons. The maximum Gasteiger partial charge on any atom is 0.264 e. The summed E-state index contributed by atoms with van der Waals surface area (Å²) in [6, 6.07) is 11.8. The number of pyridine rings is 1. The van der Waals surface area contributed by atoms with E-state index in [0.717, 1.165) is 42.8 Å². The van der Waals surface area contributed by atoms with Crippen molar-refractivity contribution in [2.45, 2.75) is 70.6 Å². The molecule has 2 aromatic carbocycles. The number of likely N-dealkylation sites (tertiary alicyclic amines) is 1. The third kappa shape index (κ3) is 7.88. The molecule has 2 fully saturated rings. The number of anilines is 1. The quantitative estimate of drug-likeness (QED) is 0.116. The van der Waals surface area contributed by atoms with Crippen molar-refractivity contribution in [2.24, 2.45) is 0 Å². The number of hydrogen-bond acceptors (Lipinski definition) is 9. The molecular formula is C43H47F2N9O5. The average Bonchev–Trinajstić information content (AvgIpc) is 3.83. The number of halogens is 2. The molecule has 1 unspecified atom stereocenters. The third-order valence-corrected chi connectivity index (χ3v) is 12.0. The summed E-state index contributed by atoms with van der Waals surface area (Å²) in [6.07, 6.45) is 5.03. The van der Waals surface area contributed by atoms with Crippen LogP contribution in [0.25, 0.3) is 16.8 Å². The number of nitrogens with zero attached hydrogens (tertiary/aromatic N) is 6. The average molecular weight is 808 g/mol. The summed E-state index contributed by atoms with van der Waals surface area (Å²) >= 11 is 0. The third-order valence-electron chi connectivity index (χ3n) is 12.0. The van der Waals surface area contributed by atoms with Crippen LogP contribution in [0.3, 0.4) is 0 Å². The first-order valence-electron chi connectivity index (χ1n) is 19.9. The summed E-state index contributed by atoms with van der Waals surface area (Å²) < 4.78 is 36.8. The number of carbonyl (C=O) groups excluding carboxylic acids is 4. The Morgan fingerprint density at radius 1 is 1.02 bits per heavy atom. The lowest BCUT2D eigenvalue weighted by Gasteiger charge is -2.37. The van der Waals surface area contributed by atoms with Crippen molar-refractivity contribution in [3.05, 3.63) is 94.6 Å². The molecule has 16 heteroatoms. The van der Waals surface area contributed by atoms with Gasteiger partial charge in [0, 0.05) is 112 Å². The van der Waals surface area contributed by atoms with Crippen molar-refractivity contribution in [1.29, 1.82) is 5.41 Å². The number of fused-ring (bicyclic) bond motifs is 2. The van der Waals surface area contributed by atoms with Crippen LogP contribution in [0, 0.1) is 5.41 Å². The molecule has 8 rings (SSSR count). The summed E-state index contributed by atoms with van der Waals surface area (Å²) in [5.41, 5.74) is 5.66. The van der Waals surface area contributed by atoms with Crippen molar-refractivity contribution in [3.63, 3.8) is 0 Å². The van der Waals surface area contributed by atoms with Gasteiger partial charge in [-0.15, -0.1) is 0 Å². The zero-order valence-corrected chi connectivity index (χ0v) is 33.3. The number of carbonyl (C=O) groups is 4. The summed E-state index contributed by atoms with van der Waals surface area (Å²) in [6.45, 7) is 4.91. The normalized spacial score (nSPS) is 19.1. The van der Waals surface area contributed by atoms with Gasteiger partial charge in [0.2, 0.25) is 17.7 Å². The Balaban J connectivity index is 0.946. The molecule has 0 spiro atoms. The lowest BCUT2D eigenvalue weighted by molar-refractivity contribution is -0.137. The second-order valence-corrected chi connectivity index (χ2v) is 15.7. The number of aromatic nitrogens is 2. The number of methoxy groups -OCH3 is 1. The fourth-order valence-corrected chi connectivity index (χ4v) is 8.71. The van der Waals surface area contributed by atoms with Gasteiger partial charge in [-0.25, -0.2) is 13.8 Å². The molecule has 0 saturated carbocycles. The Morgan fingerprint density at radius 2 is 1.80 bits per heavy atom. The van der Waals surface area contributed by atoms with E-state index in [4.69, 9.17) is 4.74 Å². The lowest BCUT2D eigenvalue weighted by Crippen LogP contribution is -2.52. The fraction of sp³-hybridized carbons (Fsp3) is 0.395. The predicted octanol–water partition coefficient (Wildman–Crippen LogP) is 4.88. The number of piperidine rings is 2. The van der Waals surface area contributed by atoms with Gasteiger partial charge in [0.1, 0.15) is 23.3 Å². The van der Waals surface area contributed by atoms with E-state index in [2.05, 4.69) is 20.5 Å². The molecule has 2 aromatic heterocycles. The SMILES string of the molecule is COc1cn2ccnc2cc1-c1ccc(N(C)C(=N)C2=C(NC3CCN(Cc4ccc5c(c4)CN(C4CCC(=O)NC4=O)C5=O)CC3)CCN(C(C)=O)C2)cc1C(F)F. The van der Waals surface area contributed by atoms with Gasteiger partial charge in [-0.2, -0.15) is 0 Å². The zero-order valence-electron chi connectivity index (χ0n) is 33.3. The molecular weight excluding hydrogens is 761 g/mol. The highest BCUT2D eigenvalue weighted by Gasteiger charge is 2.39. The molecule has 4 aliphatic rings. The van der Waals surface area contributed by atoms with Crippen LogP contribution in [0.4, 0.5) is 14.5 Å². The summed E-state index contributed by atoms with van der Waals surface area (Å²) in [5, 5.41) is 15.4. The summed E-state index contributed by atoms with van der Waals surface area (Å²) in [4.78, 5) is 61.4. The number of nitrogens with one attached hydrogen (secondary N) is 3. The summed E-state index contributed by atoms with van der Waals surface area (Å²) in [5.74, 6) is -0.486. The van der Waals surface area contributed by atoms with Crippen LogP contribution in [0.1, 0.15) is 72.5 Å². The van der Waals surface area contributed by atoms with Crippen LogP contribution in [0.15, 0.2) is 72.3 Å². The van der Waals surface area contributed by atoms with Crippen LogP contribution in [-0.2, 0) is 27.5 Å². The molecule has 14 nitrogen and oxygen atoms in total. The minimum absolute atomic E-state index is 0.0994. The Labute approximate surface area is 340 Å². The minimum atomic E-state index is -2.80. The lowest BCUT2D eigenvalue weighted by atomic mass is 9.97. The number of benzene rings is 2. The molecule has 4 aromatic rings. The van der Waals surface area contributed by atoms with Crippen LogP contribution >= 0.6 is 0 Å². The summed E-state index contributed by atoms with van der Waals surface area (Å²) in [7, 11) is 3.17. The number of ether oxygens (including phenoxy) is 1. The first-order valence-corrected chi connectivity index (χ1v) is 19.9. The van der Waals surface area contributed by atoms with E-state index >= 15 is 0 Å². The number of imide groups is 1. The molecule has 59 heavy (non-hydrogen) atoms. The maximum absolute atomic E-state index is 14.7. The van der Waals surface area contributed by atoms with Gasteiger partial charge >= 0.3 is 0 Å². The van der Waals surface area contributed by atoms with Gasteiger partial charge in [-0.1, -0.05) is 18.2 Å². The standard InChI is InChI=1S/C43H47F2N9O5/c1-25(55)52-16-12-35(34(23-52)41(46)50(2)29-5-7-31(33(19-29)40(44)45)32-20-38-47-13-17-53(38)24-37(32)59-3)48-28-10-14-51(15-11-28)21-26-4-6-30-27(18-26)22-54(43(30)58)36-8-9-39(56)49-42(36)57/h4-7,13,17-20,24,28,36,40,46,48H,8-12,14-16,21-23H2,1-3H3,(H,49,56,57). The van der Waals surface area contributed by atoms with Gasteiger partial charge in [-0.3, -0.25) is 34.8 Å². The van der Waals surface area contributed by atoms with E-state index in [1.54, 1.807) is 62.9 Å². The monoisotopic (exact) mass is 807 g/mol. The Kier molecular flexibility index (Phi) is 10.9. The van der Waals surface area contributed by atoms with Crippen LogP contribution in [0.5, 0.6) is 5.75 Å². The highest BCUT2D eigenvalue weighted by Crippen LogP contribution is 2.39. The smallest absolute Gasteiger partial charge is 0.264 e. The van der Waals surface area contributed by atoms with Gasteiger partial charge in [-0.05, 0) is 60.2 Å². The van der Waals surface area contributed by atoms with Crippen molar-refractivity contribution < 1.29 is 32.7 Å². The Hall–Kier alpha value is -6.16. The van der Waals surface area contributed by atoms with Gasteiger partial charge < -0.3 is 29.2 Å².